The number of ketones is 1. The normalized spacial score (nSPS) is 18.0. The van der Waals surface area contributed by atoms with Crippen LogP contribution in [-0.2, 0) is 19.1 Å². The second-order valence-corrected chi connectivity index (χ2v) is 6.44. The molecule has 6 heteroatoms. The number of carbonyl (C=O) groups excluding carboxylic acids is 3. The third-order valence-corrected chi connectivity index (χ3v) is 3.41. The van der Waals surface area contributed by atoms with Crippen molar-refractivity contribution in [1.29, 1.82) is 0 Å². The Morgan fingerprint density at radius 1 is 1.29 bits per heavy atom. The van der Waals surface area contributed by atoms with Crippen LogP contribution in [0.4, 0.5) is 4.79 Å². The summed E-state index contributed by atoms with van der Waals surface area (Å²) in [7, 11) is 1.29. The highest BCUT2D eigenvalue weighted by Gasteiger charge is 2.29. The molecule has 0 radical (unpaired) electrons. The highest BCUT2D eigenvalue weighted by molar-refractivity contribution is 5.81. The number of rotatable bonds is 4. The first-order valence-corrected chi connectivity index (χ1v) is 7.30. The van der Waals surface area contributed by atoms with Crippen LogP contribution in [0.5, 0.6) is 0 Å². The Morgan fingerprint density at radius 2 is 1.86 bits per heavy atom. The van der Waals surface area contributed by atoms with Gasteiger partial charge in [-0.3, -0.25) is 4.79 Å². The van der Waals surface area contributed by atoms with Gasteiger partial charge in [0.2, 0.25) is 0 Å². The fraction of sp³-hybridized carbons (Fsp3) is 0.800. The molecule has 1 rings (SSSR count). The monoisotopic (exact) mass is 299 g/mol. The molecular formula is C15H25NO5. The van der Waals surface area contributed by atoms with E-state index in [1.807, 2.05) is 0 Å². The predicted molar refractivity (Wildman–Crippen MR) is 76.8 cm³/mol. The zero-order valence-electron chi connectivity index (χ0n) is 13.2. The molecule has 21 heavy (non-hydrogen) atoms. The standard InChI is InChI=1S/C15H25NO5/c1-15(2,3)21-14(19)16-12(13(18)20-4)9-10-5-7-11(17)8-6-10/h10,12H,5-9H2,1-4H3,(H,16,19). The van der Waals surface area contributed by atoms with Crippen LogP contribution in [-0.4, -0.2) is 36.6 Å². The molecule has 1 fully saturated rings. The average molecular weight is 299 g/mol. The van der Waals surface area contributed by atoms with Gasteiger partial charge in [0.05, 0.1) is 7.11 Å². The Morgan fingerprint density at radius 3 is 2.33 bits per heavy atom. The quantitative estimate of drug-likeness (QED) is 0.805. The molecule has 0 aromatic carbocycles. The summed E-state index contributed by atoms with van der Waals surface area (Å²) in [5.74, 6) is 0.0143. The first-order valence-electron chi connectivity index (χ1n) is 7.30. The van der Waals surface area contributed by atoms with Crippen LogP contribution in [0.3, 0.4) is 0 Å². The zero-order chi connectivity index (χ0) is 16.0. The summed E-state index contributed by atoms with van der Waals surface area (Å²) in [4.78, 5) is 34.8. The minimum atomic E-state index is -0.733. The number of nitrogens with one attached hydrogen (secondary N) is 1. The average Bonchev–Trinajstić information content (AvgIpc) is 2.37. The SMILES string of the molecule is COC(=O)C(CC1CCC(=O)CC1)NC(=O)OC(C)(C)C. The van der Waals surface area contributed by atoms with E-state index < -0.39 is 23.7 Å². The Labute approximate surface area is 125 Å². The number of amides is 1. The maximum absolute atomic E-state index is 11.8. The van der Waals surface area contributed by atoms with Gasteiger partial charge in [0.1, 0.15) is 17.4 Å². The molecule has 1 aliphatic carbocycles. The lowest BCUT2D eigenvalue weighted by atomic mass is 9.84. The van der Waals surface area contributed by atoms with Crippen molar-refractivity contribution < 1.29 is 23.9 Å². The highest BCUT2D eigenvalue weighted by atomic mass is 16.6. The van der Waals surface area contributed by atoms with Crippen molar-refractivity contribution in [2.45, 2.75) is 64.5 Å². The number of esters is 1. The van der Waals surface area contributed by atoms with Crippen LogP contribution in [0.25, 0.3) is 0 Å². The number of hydrogen-bond acceptors (Lipinski definition) is 5. The lowest BCUT2D eigenvalue weighted by molar-refractivity contribution is -0.143. The van der Waals surface area contributed by atoms with Crippen LogP contribution in [0.15, 0.2) is 0 Å². The number of carbonyl (C=O) groups is 3. The summed E-state index contributed by atoms with van der Waals surface area (Å²) in [6.45, 7) is 5.27. The van der Waals surface area contributed by atoms with Gasteiger partial charge in [0.15, 0.2) is 0 Å². The second-order valence-electron chi connectivity index (χ2n) is 6.44. The summed E-state index contributed by atoms with van der Waals surface area (Å²) in [5.41, 5.74) is -0.623. The van der Waals surface area contributed by atoms with E-state index in [1.54, 1.807) is 20.8 Å². The van der Waals surface area contributed by atoms with Gasteiger partial charge in [-0.05, 0) is 46.0 Å². The van der Waals surface area contributed by atoms with Gasteiger partial charge < -0.3 is 14.8 Å². The third-order valence-electron chi connectivity index (χ3n) is 3.41. The van der Waals surface area contributed by atoms with Crippen LogP contribution in [0.2, 0.25) is 0 Å². The van der Waals surface area contributed by atoms with Crippen molar-refractivity contribution >= 4 is 17.8 Å². The third kappa shape index (κ3) is 6.60. The van der Waals surface area contributed by atoms with Crippen molar-refractivity contribution in [3.8, 4) is 0 Å². The van der Waals surface area contributed by atoms with E-state index in [9.17, 15) is 14.4 Å². The highest BCUT2D eigenvalue weighted by Crippen LogP contribution is 2.26. The molecule has 0 aromatic heterocycles. The Balaban J connectivity index is 2.57. The van der Waals surface area contributed by atoms with E-state index in [1.165, 1.54) is 7.11 Å². The van der Waals surface area contributed by atoms with E-state index in [0.29, 0.717) is 19.3 Å². The molecule has 1 saturated carbocycles. The van der Waals surface area contributed by atoms with E-state index in [0.717, 1.165) is 12.8 Å². The molecule has 6 nitrogen and oxygen atoms in total. The van der Waals surface area contributed by atoms with Crippen molar-refractivity contribution in [1.82, 2.24) is 5.32 Å². The summed E-state index contributed by atoms with van der Waals surface area (Å²) in [5, 5.41) is 2.56. The number of Topliss-reactive ketones (excluding diaryl/α,β-unsaturated/α-hetero) is 1. The molecule has 0 aromatic rings. The van der Waals surface area contributed by atoms with E-state index >= 15 is 0 Å². The first kappa shape index (κ1) is 17.5. The number of alkyl carbamates (subject to hydrolysis) is 1. The Kier molecular flexibility index (Phi) is 6.18. The van der Waals surface area contributed by atoms with Crippen molar-refractivity contribution in [2.24, 2.45) is 5.92 Å². The Bertz CT molecular complexity index is 389. The summed E-state index contributed by atoms with van der Waals surface area (Å²) >= 11 is 0. The van der Waals surface area contributed by atoms with Gasteiger partial charge in [0, 0.05) is 12.8 Å². The summed E-state index contributed by atoms with van der Waals surface area (Å²) in [6.07, 6.45) is 2.43. The van der Waals surface area contributed by atoms with Gasteiger partial charge in [-0.25, -0.2) is 9.59 Å². The van der Waals surface area contributed by atoms with Crippen molar-refractivity contribution in [2.75, 3.05) is 7.11 Å². The first-order chi connectivity index (χ1) is 9.71. The predicted octanol–water partition coefficient (Wildman–Crippen LogP) is 2.20. The molecule has 0 aliphatic heterocycles. The lowest BCUT2D eigenvalue weighted by Gasteiger charge is -2.26. The summed E-state index contributed by atoms with van der Waals surface area (Å²) < 4.78 is 9.89. The number of methoxy groups -OCH3 is 1. The van der Waals surface area contributed by atoms with E-state index in [2.05, 4.69) is 5.32 Å². The van der Waals surface area contributed by atoms with Gasteiger partial charge in [-0.15, -0.1) is 0 Å². The van der Waals surface area contributed by atoms with E-state index in [4.69, 9.17) is 9.47 Å². The molecule has 0 bridgehead atoms. The van der Waals surface area contributed by atoms with Crippen LogP contribution >= 0.6 is 0 Å². The fourth-order valence-electron chi connectivity index (χ4n) is 2.37. The molecule has 0 spiro atoms. The second kappa shape index (κ2) is 7.43. The van der Waals surface area contributed by atoms with Crippen LogP contribution in [0, 0.1) is 5.92 Å². The molecule has 0 saturated heterocycles. The molecular weight excluding hydrogens is 274 g/mol. The minimum Gasteiger partial charge on any atom is -0.467 e. The van der Waals surface area contributed by atoms with Gasteiger partial charge in [-0.2, -0.15) is 0 Å². The van der Waals surface area contributed by atoms with Crippen LogP contribution < -0.4 is 5.32 Å². The molecule has 0 heterocycles. The van der Waals surface area contributed by atoms with Gasteiger partial charge in [0.25, 0.3) is 0 Å². The topological polar surface area (TPSA) is 81.7 Å². The smallest absolute Gasteiger partial charge is 0.408 e. The maximum atomic E-state index is 11.8. The molecule has 1 unspecified atom stereocenters. The number of hydrogen-bond donors (Lipinski definition) is 1. The zero-order valence-corrected chi connectivity index (χ0v) is 13.2. The molecule has 1 amide bonds. The maximum Gasteiger partial charge on any atom is 0.408 e. The van der Waals surface area contributed by atoms with Crippen LogP contribution in [0.1, 0.15) is 52.9 Å². The van der Waals surface area contributed by atoms with Crippen molar-refractivity contribution in [3.05, 3.63) is 0 Å². The van der Waals surface area contributed by atoms with E-state index in [-0.39, 0.29) is 11.7 Å². The molecule has 120 valence electrons. The fourth-order valence-corrected chi connectivity index (χ4v) is 2.37. The largest absolute Gasteiger partial charge is 0.467 e. The van der Waals surface area contributed by atoms with Gasteiger partial charge >= 0.3 is 12.1 Å². The lowest BCUT2D eigenvalue weighted by Crippen LogP contribution is -2.45. The molecule has 1 aliphatic rings. The van der Waals surface area contributed by atoms with Gasteiger partial charge in [-0.1, -0.05) is 0 Å². The molecule has 1 atom stereocenters. The van der Waals surface area contributed by atoms with Crippen molar-refractivity contribution in [3.63, 3.8) is 0 Å². The minimum absolute atomic E-state index is 0.238. The molecule has 1 N–H and O–H groups in total. The Hall–Kier alpha value is -1.59. The number of ether oxygens (including phenoxy) is 2. The summed E-state index contributed by atoms with van der Waals surface area (Å²) in [6, 6.07) is -0.733.